The van der Waals surface area contributed by atoms with Crippen LogP contribution in [0.4, 0.5) is 0 Å². The van der Waals surface area contributed by atoms with Gasteiger partial charge in [0.25, 0.3) is 0 Å². The first kappa shape index (κ1) is 12.2. The summed E-state index contributed by atoms with van der Waals surface area (Å²) in [5.74, 6) is 0.730. The van der Waals surface area contributed by atoms with E-state index in [1.807, 2.05) is 12.1 Å². The molecule has 1 atom stereocenters. The Kier molecular flexibility index (Phi) is 4.46. The fourth-order valence-corrected chi connectivity index (χ4v) is 2.26. The Balaban J connectivity index is 1.88. The molecule has 88 valence electrons. The molecule has 1 aliphatic heterocycles. The van der Waals surface area contributed by atoms with E-state index in [0.717, 1.165) is 10.2 Å². The van der Waals surface area contributed by atoms with Gasteiger partial charge in [-0.3, -0.25) is 0 Å². The summed E-state index contributed by atoms with van der Waals surface area (Å²) in [6.07, 6.45) is 0.00603. The van der Waals surface area contributed by atoms with Crippen LogP contribution in [0.5, 0.6) is 5.75 Å². The summed E-state index contributed by atoms with van der Waals surface area (Å²) < 4.78 is 17.2. The number of rotatable bonds is 3. The summed E-state index contributed by atoms with van der Waals surface area (Å²) in [6.45, 7) is 2.36. The predicted molar refractivity (Wildman–Crippen MR) is 65.2 cm³/mol. The molecule has 1 unspecified atom stereocenters. The molecule has 3 nitrogen and oxygen atoms in total. The molecule has 0 spiro atoms. The zero-order valence-corrected chi connectivity index (χ0v) is 11.0. The topological polar surface area (TPSA) is 27.7 Å². The lowest BCUT2D eigenvalue weighted by Crippen LogP contribution is -2.33. The molecule has 0 amide bonds. The fraction of sp³-hybridized carbons (Fsp3) is 0.455. The lowest BCUT2D eigenvalue weighted by atomic mass is 10.3. The van der Waals surface area contributed by atoms with Crippen LogP contribution >= 0.6 is 27.5 Å². The number of halogens is 2. The van der Waals surface area contributed by atoms with Crippen LogP contribution in [0.15, 0.2) is 22.7 Å². The van der Waals surface area contributed by atoms with Crippen molar-refractivity contribution in [3.8, 4) is 5.75 Å². The molecule has 16 heavy (non-hydrogen) atoms. The third kappa shape index (κ3) is 3.63. The van der Waals surface area contributed by atoms with Crippen LogP contribution in [0.3, 0.4) is 0 Å². The minimum atomic E-state index is 0.00603. The molecule has 0 saturated carbocycles. The van der Waals surface area contributed by atoms with Crippen LogP contribution in [0.1, 0.15) is 0 Å². The first-order chi connectivity index (χ1) is 7.74. The van der Waals surface area contributed by atoms with Crippen molar-refractivity contribution >= 4 is 27.5 Å². The quantitative estimate of drug-likeness (QED) is 0.859. The van der Waals surface area contributed by atoms with Crippen LogP contribution in [0, 0.1) is 0 Å². The molecule has 1 fully saturated rings. The highest BCUT2D eigenvalue weighted by molar-refractivity contribution is 9.10. The van der Waals surface area contributed by atoms with E-state index in [0.29, 0.717) is 31.5 Å². The Morgan fingerprint density at radius 2 is 2.25 bits per heavy atom. The van der Waals surface area contributed by atoms with E-state index in [9.17, 15) is 0 Å². The summed E-state index contributed by atoms with van der Waals surface area (Å²) in [4.78, 5) is 0. The molecule has 2 rings (SSSR count). The maximum atomic E-state index is 5.91. The van der Waals surface area contributed by atoms with Crippen molar-refractivity contribution in [2.24, 2.45) is 0 Å². The first-order valence-corrected chi connectivity index (χ1v) is 6.19. The van der Waals surface area contributed by atoms with Gasteiger partial charge in [-0.25, -0.2) is 0 Å². The summed E-state index contributed by atoms with van der Waals surface area (Å²) >= 11 is 9.26. The van der Waals surface area contributed by atoms with Crippen molar-refractivity contribution in [2.75, 3.05) is 26.4 Å². The lowest BCUT2D eigenvalue weighted by Gasteiger charge is -2.23. The Hall–Kier alpha value is -0.290. The molecule has 0 aliphatic carbocycles. The van der Waals surface area contributed by atoms with Gasteiger partial charge in [-0.15, -0.1) is 0 Å². The second kappa shape index (κ2) is 5.87. The van der Waals surface area contributed by atoms with Gasteiger partial charge < -0.3 is 14.2 Å². The molecule has 1 aliphatic rings. The summed E-state index contributed by atoms with van der Waals surface area (Å²) in [5.41, 5.74) is 0. The highest BCUT2D eigenvalue weighted by atomic mass is 79.9. The van der Waals surface area contributed by atoms with Gasteiger partial charge >= 0.3 is 0 Å². The van der Waals surface area contributed by atoms with E-state index >= 15 is 0 Å². The van der Waals surface area contributed by atoms with Crippen LogP contribution in [0.2, 0.25) is 5.02 Å². The van der Waals surface area contributed by atoms with Gasteiger partial charge in [0.2, 0.25) is 0 Å². The van der Waals surface area contributed by atoms with E-state index in [1.165, 1.54) is 0 Å². The normalized spacial score (nSPS) is 20.8. The maximum absolute atomic E-state index is 5.91. The minimum Gasteiger partial charge on any atom is -0.491 e. The maximum Gasteiger partial charge on any atom is 0.122 e. The standard InChI is InChI=1S/C11H12BrClO3/c12-8-3-9(13)5-10(4-8)16-7-11-6-14-1-2-15-11/h3-5,11H,1-2,6-7H2. The van der Waals surface area contributed by atoms with E-state index in [4.69, 9.17) is 25.8 Å². The Bertz CT molecular complexity index is 333. The number of hydrogen-bond donors (Lipinski definition) is 0. The lowest BCUT2D eigenvalue weighted by molar-refractivity contribution is -0.101. The molecule has 1 saturated heterocycles. The fourth-order valence-electron chi connectivity index (χ4n) is 1.43. The third-order valence-electron chi connectivity index (χ3n) is 2.16. The Morgan fingerprint density at radius 3 is 2.94 bits per heavy atom. The molecule has 0 bridgehead atoms. The van der Waals surface area contributed by atoms with Crippen molar-refractivity contribution in [1.29, 1.82) is 0 Å². The van der Waals surface area contributed by atoms with Crippen LogP contribution in [-0.4, -0.2) is 32.5 Å². The first-order valence-electron chi connectivity index (χ1n) is 5.02. The van der Waals surface area contributed by atoms with Gasteiger partial charge in [0.1, 0.15) is 18.5 Å². The number of benzene rings is 1. The molecule has 1 aromatic carbocycles. The van der Waals surface area contributed by atoms with Crippen molar-refractivity contribution in [3.05, 3.63) is 27.7 Å². The average molecular weight is 308 g/mol. The van der Waals surface area contributed by atoms with Crippen molar-refractivity contribution < 1.29 is 14.2 Å². The van der Waals surface area contributed by atoms with E-state index < -0.39 is 0 Å². The zero-order valence-electron chi connectivity index (χ0n) is 8.62. The van der Waals surface area contributed by atoms with Crippen molar-refractivity contribution in [2.45, 2.75) is 6.10 Å². The molecular weight excluding hydrogens is 295 g/mol. The number of ether oxygens (including phenoxy) is 3. The van der Waals surface area contributed by atoms with Crippen LogP contribution in [-0.2, 0) is 9.47 Å². The molecule has 0 N–H and O–H groups in total. The van der Waals surface area contributed by atoms with Gasteiger partial charge in [-0.2, -0.15) is 0 Å². The predicted octanol–water partition coefficient (Wildman–Crippen LogP) is 2.90. The molecule has 0 radical (unpaired) electrons. The van der Waals surface area contributed by atoms with Crippen LogP contribution in [0.25, 0.3) is 0 Å². The Labute approximate surface area is 108 Å². The van der Waals surface area contributed by atoms with Gasteiger partial charge in [-0.1, -0.05) is 27.5 Å². The Morgan fingerprint density at radius 1 is 1.38 bits per heavy atom. The summed E-state index contributed by atoms with van der Waals surface area (Å²) in [5, 5.41) is 0.644. The smallest absolute Gasteiger partial charge is 0.122 e. The average Bonchev–Trinajstić information content (AvgIpc) is 2.27. The van der Waals surface area contributed by atoms with Gasteiger partial charge in [0.15, 0.2) is 0 Å². The summed E-state index contributed by atoms with van der Waals surface area (Å²) in [6, 6.07) is 5.46. The molecule has 5 heteroatoms. The second-order valence-corrected chi connectivity index (χ2v) is 4.84. The summed E-state index contributed by atoms with van der Waals surface area (Å²) in [7, 11) is 0. The highest BCUT2D eigenvalue weighted by Gasteiger charge is 2.15. The third-order valence-corrected chi connectivity index (χ3v) is 2.83. The monoisotopic (exact) mass is 306 g/mol. The van der Waals surface area contributed by atoms with Crippen molar-refractivity contribution in [3.63, 3.8) is 0 Å². The zero-order chi connectivity index (χ0) is 11.4. The van der Waals surface area contributed by atoms with E-state index in [-0.39, 0.29) is 6.10 Å². The molecule has 1 aromatic rings. The van der Waals surface area contributed by atoms with Gasteiger partial charge in [0.05, 0.1) is 19.8 Å². The molecule has 0 aromatic heterocycles. The van der Waals surface area contributed by atoms with Crippen LogP contribution < -0.4 is 4.74 Å². The largest absolute Gasteiger partial charge is 0.491 e. The molecular formula is C11H12BrClO3. The van der Waals surface area contributed by atoms with Gasteiger partial charge in [0, 0.05) is 9.50 Å². The van der Waals surface area contributed by atoms with Crippen molar-refractivity contribution in [1.82, 2.24) is 0 Å². The van der Waals surface area contributed by atoms with Gasteiger partial charge in [-0.05, 0) is 18.2 Å². The highest BCUT2D eigenvalue weighted by Crippen LogP contribution is 2.24. The number of hydrogen-bond acceptors (Lipinski definition) is 3. The molecule has 1 heterocycles. The minimum absolute atomic E-state index is 0.00603. The van der Waals surface area contributed by atoms with E-state index in [2.05, 4.69) is 15.9 Å². The second-order valence-electron chi connectivity index (χ2n) is 3.48. The van der Waals surface area contributed by atoms with E-state index in [1.54, 1.807) is 6.07 Å². The SMILES string of the molecule is Clc1cc(Br)cc(OCC2COCCO2)c1.